The number of aromatic nitrogens is 3. The van der Waals surface area contributed by atoms with Crippen LogP contribution in [0.4, 0.5) is 5.13 Å². The summed E-state index contributed by atoms with van der Waals surface area (Å²) in [5.41, 5.74) is 1.17. The van der Waals surface area contributed by atoms with Gasteiger partial charge in [-0.2, -0.15) is 0 Å². The summed E-state index contributed by atoms with van der Waals surface area (Å²) in [5, 5.41) is 4.55. The molecule has 0 atom stereocenters. The Bertz CT molecular complexity index is 461. The molecule has 0 aliphatic heterocycles. The Morgan fingerprint density at radius 3 is 2.84 bits per heavy atom. The normalized spacial score (nSPS) is 10.8. The van der Waals surface area contributed by atoms with Gasteiger partial charge in [-0.15, -0.1) is 11.3 Å². The monoisotopic (exact) mass is 279 g/mol. The van der Waals surface area contributed by atoms with Crippen molar-refractivity contribution in [2.75, 3.05) is 24.5 Å². The highest BCUT2D eigenvalue weighted by molar-refractivity contribution is 7.15. The predicted octanol–water partition coefficient (Wildman–Crippen LogP) is 2.04. The second-order valence-electron chi connectivity index (χ2n) is 4.29. The molecule has 2 heterocycles. The summed E-state index contributed by atoms with van der Waals surface area (Å²) in [5.74, 6) is 0. The molecule has 2 aromatic heterocycles. The van der Waals surface area contributed by atoms with Crippen molar-refractivity contribution in [3.05, 3.63) is 29.3 Å². The molecule has 19 heavy (non-hydrogen) atoms. The van der Waals surface area contributed by atoms with Crippen LogP contribution in [0.3, 0.4) is 0 Å². The van der Waals surface area contributed by atoms with E-state index in [-0.39, 0.29) is 0 Å². The fourth-order valence-electron chi connectivity index (χ4n) is 1.88. The minimum Gasteiger partial charge on any atom is -0.349 e. The van der Waals surface area contributed by atoms with Crippen LogP contribution in [0.15, 0.2) is 18.7 Å². The average molecular weight is 279 g/mol. The summed E-state index contributed by atoms with van der Waals surface area (Å²) in [4.78, 5) is 15.1. The molecule has 6 heteroatoms. The molecule has 0 bridgehead atoms. The highest BCUT2D eigenvalue weighted by Crippen LogP contribution is 2.21. The number of hydrogen-bond donors (Lipinski definition) is 2. The first-order valence-electron chi connectivity index (χ1n) is 6.71. The molecule has 0 saturated heterocycles. The van der Waals surface area contributed by atoms with E-state index in [1.165, 1.54) is 10.6 Å². The summed E-state index contributed by atoms with van der Waals surface area (Å²) < 4.78 is 0. The van der Waals surface area contributed by atoms with Gasteiger partial charge in [0.05, 0.1) is 6.33 Å². The lowest BCUT2D eigenvalue weighted by atomic mass is 10.3. The molecular weight excluding hydrogens is 258 g/mol. The summed E-state index contributed by atoms with van der Waals surface area (Å²) in [6.07, 6.45) is 6.53. The lowest BCUT2D eigenvalue weighted by Gasteiger charge is -2.16. The van der Waals surface area contributed by atoms with Crippen molar-refractivity contribution in [2.45, 2.75) is 26.8 Å². The maximum absolute atomic E-state index is 4.48. The number of nitrogens with one attached hydrogen (secondary N) is 2. The number of hydrogen-bond acceptors (Lipinski definition) is 5. The van der Waals surface area contributed by atoms with E-state index in [4.69, 9.17) is 0 Å². The lowest BCUT2D eigenvalue weighted by molar-refractivity contribution is 0.687. The Morgan fingerprint density at radius 2 is 2.16 bits per heavy atom. The van der Waals surface area contributed by atoms with E-state index in [1.54, 1.807) is 17.7 Å². The van der Waals surface area contributed by atoms with Crippen molar-refractivity contribution in [1.82, 2.24) is 20.3 Å². The van der Waals surface area contributed by atoms with Crippen molar-refractivity contribution in [1.29, 1.82) is 0 Å². The molecule has 0 aliphatic rings. The Labute approximate surface area is 118 Å². The van der Waals surface area contributed by atoms with E-state index >= 15 is 0 Å². The van der Waals surface area contributed by atoms with Crippen LogP contribution in [0.2, 0.25) is 0 Å². The maximum atomic E-state index is 4.48. The van der Waals surface area contributed by atoms with Crippen LogP contribution in [-0.2, 0) is 13.0 Å². The number of nitrogens with zero attached hydrogens (tertiary/aromatic N) is 3. The molecule has 0 unspecified atom stereocenters. The molecule has 104 valence electrons. The van der Waals surface area contributed by atoms with E-state index in [2.05, 4.69) is 39.0 Å². The van der Waals surface area contributed by atoms with Crippen LogP contribution in [-0.4, -0.2) is 34.6 Å². The van der Waals surface area contributed by atoms with E-state index in [9.17, 15) is 0 Å². The Morgan fingerprint density at radius 1 is 1.32 bits per heavy atom. The molecule has 2 rings (SSSR count). The number of thiazole rings is 1. The topological polar surface area (TPSA) is 56.8 Å². The van der Waals surface area contributed by atoms with Gasteiger partial charge in [0.15, 0.2) is 5.13 Å². The van der Waals surface area contributed by atoms with Gasteiger partial charge in [0.25, 0.3) is 0 Å². The van der Waals surface area contributed by atoms with Crippen molar-refractivity contribution in [3.8, 4) is 0 Å². The molecular formula is C13H21N5S. The molecule has 0 spiro atoms. The second kappa shape index (κ2) is 7.25. The highest BCUT2D eigenvalue weighted by atomic mass is 32.1. The fraction of sp³-hybridized carbons (Fsp3) is 0.538. The van der Waals surface area contributed by atoms with Crippen molar-refractivity contribution in [3.63, 3.8) is 0 Å². The molecule has 0 radical (unpaired) electrons. The standard InChI is InChI=1S/C13H21N5S/c1-3-18(4-2)13-16-9-12(19-13)8-14-6-5-11-7-15-10-17-11/h7,9-10,14H,3-6,8H2,1-2H3,(H,15,17). The number of anilines is 1. The first kappa shape index (κ1) is 14.0. The summed E-state index contributed by atoms with van der Waals surface area (Å²) >= 11 is 1.77. The molecule has 0 aliphatic carbocycles. The average Bonchev–Trinajstić information content (AvgIpc) is 3.08. The lowest BCUT2D eigenvalue weighted by Crippen LogP contribution is -2.21. The van der Waals surface area contributed by atoms with Crippen LogP contribution in [0.1, 0.15) is 24.4 Å². The van der Waals surface area contributed by atoms with Gasteiger partial charge in [0, 0.05) is 55.6 Å². The van der Waals surface area contributed by atoms with Gasteiger partial charge < -0.3 is 15.2 Å². The van der Waals surface area contributed by atoms with Crippen LogP contribution in [0.5, 0.6) is 0 Å². The minimum atomic E-state index is 0.882. The Hall–Kier alpha value is -1.40. The van der Waals surface area contributed by atoms with Crippen LogP contribution >= 0.6 is 11.3 Å². The van der Waals surface area contributed by atoms with Gasteiger partial charge in [-0.3, -0.25) is 0 Å². The molecule has 0 fully saturated rings. The van der Waals surface area contributed by atoms with Crippen molar-refractivity contribution < 1.29 is 0 Å². The van der Waals surface area contributed by atoms with Gasteiger partial charge in [-0.25, -0.2) is 9.97 Å². The SMILES string of the molecule is CCN(CC)c1ncc(CNCCc2cnc[nH]2)s1. The van der Waals surface area contributed by atoms with Gasteiger partial charge in [0.1, 0.15) is 0 Å². The number of imidazole rings is 1. The van der Waals surface area contributed by atoms with Gasteiger partial charge >= 0.3 is 0 Å². The largest absolute Gasteiger partial charge is 0.349 e. The first-order chi connectivity index (χ1) is 9.33. The van der Waals surface area contributed by atoms with Crippen molar-refractivity contribution >= 4 is 16.5 Å². The number of rotatable bonds is 8. The van der Waals surface area contributed by atoms with Gasteiger partial charge in [-0.1, -0.05) is 0 Å². The zero-order valence-electron chi connectivity index (χ0n) is 11.5. The van der Waals surface area contributed by atoms with E-state index in [0.29, 0.717) is 0 Å². The predicted molar refractivity (Wildman–Crippen MR) is 79.7 cm³/mol. The molecule has 0 saturated carbocycles. The Kier molecular flexibility index (Phi) is 5.35. The van der Waals surface area contributed by atoms with Gasteiger partial charge in [0.2, 0.25) is 0 Å². The third kappa shape index (κ3) is 4.04. The number of H-pyrrole nitrogens is 1. The summed E-state index contributed by atoms with van der Waals surface area (Å²) in [6.45, 7) is 8.17. The molecule has 5 nitrogen and oxygen atoms in total. The summed E-state index contributed by atoms with van der Waals surface area (Å²) in [7, 11) is 0. The third-order valence-electron chi connectivity index (χ3n) is 3.00. The smallest absolute Gasteiger partial charge is 0.185 e. The van der Waals surface area contributed by atoms with E-state index < -0.39 is 0 Å². The first-order valence-corrected chi connectivity index (χ1v) is 7.52. The zero-order chi connectivity index (χ0) is 13.5. The number of aromatic amines is 1. The molecule has 0 amide bonds. The van der Waals surface area contributed by atoms with Crippen LogP contribution in [0, 0.1) is 0 Å². The molecule has 2 N–H and O–H groups in total. The second-order valence-corrected chi connectivity index (χ2v) is 5.38. The van der Waals surface area contributed by atoms with Gasteiger partial charge in [-0.05, 0) is 13.8 Å². The fourth-order valence-corrected chi connectivity index (χ4v) is 2.88. The zero-order valence-corrected chi connectivity index (χ0v) is 12.3. The van der Waals surface area contributed by atoms with Crippen LogP contribution in [0.25, 0.3) is 0 Å². The van der Waals surface area contributed by atoms with E-state index in [1.807, 2.05) is 12.4 Å². The maximum Gasteiger partial charge on any atom is 0.185 e. The quantitative estimate of drug-likeness (QED) is 0.726. The van der Waals surface area contributed by atoms with E-state index in [0.717, 1.165) is 37.7 Å². The van der Waals surface area contributed by atoms with Crippen LogP contribution < -0.4 is 10.2 Å². The molecule has 2 aromatic rings. The highest BCUT2D eigenvalue weighted by Gasteiger charge is 2.07. The minimum absolute atomic E-state index is 0.882. The summed E-state index contributed by atoms with van der Waals surface area (Å²) in [6, 6.07) is 0. The third-order valence-corrected chi connectivity index (χ3v) is 4.06. The van der Waals surface area contributed by atoms with Crippen molar-refractivity contribution in [2.24, 2.45) is 0 Å². The Balaban J connectivity index is 1.74. The molecule has 0 aromatic carbocycles.